The lowest BCUT2D eigenvalue weighted by molar-refractivity contribution is -0.146. The molecule has 0 saturated carbocycles. The molecule has 0 unspecified atom stereocenters. The molecule has 1 aliphatic heterocycles. The van der Waals surface area contributed by atoms with Gasteiger partial charge < -0.3 is 9.64 Å². The van der Waals surface area contributed by atoms with Gasteiger partial charge in [0.2, 0.25) is 5.91 Å². The van der Waals surface area contributed by atoms with E-state index in [4.69, 9.17) is 4.74 Å². The molecule has 1 amide bonds. The van der Waals surface area contributed by atoms with Crippen molar-refractivity contribution in [3.63, 3.8) is 0 Å². The summed E-state index contributed by atoms with van der Waals surface area (Å²) >= 11 is 0. The number of likely N-dealkylation sites (tertiary alicyclic amines) is 1. The maximum absolute atomic E-state index is 11.2. The van der Waals surface area contributed by atoms with E-state index >= 15 is 0 Å². The van der Waals surface area contributed by atoms with Crippen LogP contribution in [0.2, 0.25) is 0 Å². The number of ether oxygens (including phenoxy) is 1. The number of esters is 1. The minimum absolute atomic E-state index is 0.115. The fourth-order valence-electron chi connectivity index (χ4n) is 1.97. The van der Waals surface area contributed by atoms with Crippen molar-refractivity contribution < 1.29 is 14.3 Å². The zero-order chi connectivity index (χ0) is 12.0. The SMILES string of the molecule is CCCC(=O)OC[C@@H]1CCCN(C(C)=O)C1. The molecule has 1 heterocycles. The maximum Gasteiger partial charge on any atom is 0.305 e. The largest absolute Gasteiger partial charge is 0.465 e. The molecule has 0 aromatic carbocycles. The Morgan fingerprint density at radius 2 is 2.19 bits per heavy atom. The van der Waals surface area contributed by atoms with E-state index in [2.05, 4.69) is 0 Å². The van der Waals surface area contributed by atoms with Crippen molar-refractivity contribution in [3.8, 4) is 0 Å². The van der Waals surface area contributed by atoms with Gasteiger partial charge in [-0.25, -0.2) is 0 Å². The molecule has 92 valence electrons. The first kappa shape index (κ1) is 13.0. The molecule has 0 bridgehead atoms. The lowest BCUT2D eigenvalue weighted by atomic mass is 9.99. The van der Waals surface area contributed by atoms with Gasteiger partial charge in [0.15, 0.2) is 0 Å². The Labute approximate surface area is 96.9 Å². The Morgan fingerprint density at radius 1 is 1.44 bits per heavy atom. The highest BCUT2D eigenvalue weighted by molar-refractivity contribution is 5.73. The fourth-order valence-corrected chi connectivity index (χ4v) is 1.97. The number of carbonyl (C=O) groups excluding carboxylic acids is 2. The van der Waals surface area contributed by atoms with Gasteiger partial charge in [-0.3, -0.25) is 9.59 Å². The fraction of sp³-hybridized carbons (Fsp3) is 0.833. The van der Waals surface area contributed by atoms with Crippen LogP contribution in [-0.4, -0.2) is 36.5 Å². The molecule has 4 heteroatoms. The highest BCUT2D eigenvalue weighted by Crippen LogP contribution is 2.17. The quantitative estimate of drug-likeness (QED) is 0.685. The van der Waals surface area contributed by atoms with Crippen molar-refractivity contribution in [2.75, 3.05) is 19.7 Å². The first-order valence-electron chi connectivity index (χ1n) is 6.04. The summed E-state index contributed by atoms with van der Waals surface area (Å²) in [4.78, 5) is 24.2. The lowest BCUT2D eigenvalue weighted by Crippen LogP contribution is -2.40. The molecule has 0 aromatic heterocycles. The molecule has 4 nitrogen and oxygen atoms in total. The van der Waals surface area contributed by atoms with Gasteiger partial charge in [-0.1, -0.05) is 6.92 Å². The van der Waals surface area contributed by atoms with Crippen LogP contribution in [0.25, 0.3) is 0 Å². The van der Waals surface area contributed by atoms with E-state index in [-0.39, 0.29) is 11.9 Å². The zero-order valence-electron chi connectivity index (χ0n) is 10.2. The lowest BCUT2D eigenvalue weighted by Gasteiger charge is -2.31. The van der Waals surface area contributed by atoms with Crippen molar-refractivity contribution in [2.45, 2.75) is 39.5 Å². The molecule has 1 fully saturated rings. The third-order valence-electron chi connectivity index (χ3n) is 2.90. The van der Waals surface area contributed by atoms with Crippen LogP contribution in [0.3, 0.4) is 0 Å². The predicted molar refractivity (Wildman–Crippen MR) is 60.8 cm³/mol. The van der Waals surface area contributed by atoms with Crippen molar-refractivity contribution in [2.24, 2.45) is 5.92 Å². The van der Waals surface area contributed by atoms with Crippen LogP contribution >= 0.6 is 0 Å². The minimum Gasteiger partial charge on any atom is -0.465 e. The second kappa shape index (κ2) is 6.51. The average molecular weight is 227 g/mol. The van der Waals surface area contributed by atoms with E-state index in [1.807, 2.05) is 11.8 Å². The van der Waals surface area contributed by atoms with Gasteiger partial charge >= 0.3 is 5.97 Å². The van der Waals surface area contributed by atoms with Gasteiger partial charge in [0.1, 0.15) is 0 Å². The molecule has 1 atom stereocenters. The second-order valence-corrected chi connectivity index (χ2v) is 4.41. The van der Waals surface area contributed by atoms with E-state index in [1.54, 1.807) is 6.92 Å². The van der Waals surface area contributed by atoms with Crippen molar-refractivity contribution in [1.29, 1.82) is 0 Å². The smallest absolute Gasteiger partial charge is 0.305 e. The molecule has 0 N–H and O–H groups in total. The first-order chi connectivity index (χ1) is 7.63. The van der Waals surface area contributed by atoms with Gasteiger partial charge in [0.25, 0.3) is 0 Å². The molecular weight excluding hydrogens is 206 g/mol. The summed E-state index contributed by atoms with van der Waals surface area (Å²) < 4.78 is 5.17. The number of piperidine rings is 1. The Kier molecular flexibility index (Phi) is 5.29. The number of hydrogen-bond donors (Lipinski definition) is 0. The molecule has 0 spiro atoms. The van der Waals surface area contributed by atoms with Gasteiger partial charge in [0, 0.05) is 32.4 Å². The number of nitrogens with zero attached hydrogens (tertiary/aromatic N) is 1. The van der Waals surface area contributed by atoms with E-state index in [1.165, 1.54) is 0 Å². The molecule has 16 heavy (non-hydrogen) atoms. The summed E-state index contributed by atoms with van der Waals surface area (Å²) in [6, 6.07) is 0. The average Bonchev–Trinajstić information content (AvgIpc) is 2.27. The molecule has 0 aliphatic carbocycles. The Bertz CT molecular complexity index is 253. The van der Waals surface area contributed by atoms with Crippen LogP contribution in [0.4, 0.5) is 0 Å². The number of rotatable bonds is 4. The van der Waals surface area contributed by atoms with Crippen molar-refractivity contribution in [3.05, 3.63) is 0 Å². The third kappa shape index (κ3) is 4.21. The highest BCUT2D eigenvalue weighted by atomic mass is 16.5. The Balaban J connectivity index is 2.26. The number of amides is 1. The summed E-state index contributed by atoms with van der Waals surface area (Å²) in [5, 5.41) is 0. The van der Waals surface area contributed by atoms with Gasteiger partial charge in [-0.15, -0.1) is 0 Å². The number of carbonyl (C=O) groups is 2. The third-order valence-corrected chi connectivity index (χ3v) is 2.90. The highest BCUT2D eigenvalue weighted by Gasteiger charge is 2.22. The maximum atomic E-state index is 11.2. The summed E-state index contributed by atoms with van der Waals surface area (Å²) in [6.45, 7) is 5.58. The first-order valence-corrected chi connectivity index (χ1v) is 6.04. The molecular formula is C12H21NO3. The van der Waals surface area contributed by atoms with E-state index in [0.717, 1.165) is 32.4 Å². The van der Waals surface area contributed by atoms with E-state index < -0.39 is 0 Å². The molecule has 1 saturated heterocycles. The standard InChI is InChI=1S/C12H21NO3/c1-3-5-12(15)16-9-11-6-4-7-13(8-11)10(2)14/h11H,3-9H2,1-2H3/t11-/m1/s1. The van der Waals surface area contributed by atoms with Gasteiger partial charge in [0.05, 0.1) is 6.61 Å². The summed E-state index contributed by atoms with van der Waals surface area (Å²) in [5.74, 6) is 0.311. The molecule has 1 aliphatic rings. The van der Waals surface area contributed by atoms with Gasteiger partial charge in [-0.2, -0.15) is 0 Å². The minimum atomic E-state index is -0.123. The van der Waals surface area contributed by atoms with Crippen LogP contribution in [0.15, 0.2) is 0 Å². The van der Waals surface area contributed by atoms with Crippen LogP contribution < -0.4 is 0 Å². The van der Waals surface area contributed by atoms with Crippen molar-refractivity contribution in [1.82, 2.24) is 4.90 Å². The van der Waals surface area contributed by atoms with Crippen LogP contribution in [-0.2, 0) is 14.3 Å². The molecule has 0 aromatic rings. The Hall–Kier alpha value is -1.06. The second-order valence-electron chi connectivity index (χ2n) is 4.41. The normalized spacial score (nSPS) is 20.6. The topological polar surface area (TPSA) is 46.6 Å². The summed E-state index contributed by atoms with van der Waals surface area (Å²) in [6.07, 6.45) is 3.37. The number of hydrogen-bond acceptors (Lipinski definition) is 3. The van der Waals surface area contributed by atoms with Crippen molar-refractivity contribution >= 4 is 11.9 Å². The molecule has 0 radical (unpaired) electrons. The predicted octanol–water partition coefficient (Wildman–Crippen LogP) is 1.59. The van der Waals surface area contributed by atoms with E-state index in [0.29, 0.717) is 18.9 Å². The zero-order valence-corrected chi connectivity index (χ0v) is 10.2. The van der Waals surface area contributed by atoms with E-state index in [9.17, 15) is 9.59 Å². The Morgan fingerprint density at radius 3 is 2.81 bits per heavy atom. The summed E-state index contributed by atoms with van der Waals surface area (Å²) in [7, 11) is 0. The summed E-state index contributed by atoms with van der Waals surface area (Å²) in [5.41, 5.74) is 0. The van der Waals surface area contributed by atoms with Gasteiger partial charge in [-0.05, 0) is 19.3 Å². The molecule has 1 rings (SSSR count). The van der Waals surface area contributed by atoms with Crippen LogP contribution in [0.1, 0.15) is 39.5 Å². The monoisotopic (exact) mass is 227 g/mol. The van der Waals surface area contributed by atoms with Crippen LogP contribution in [0.5, 0.6) is 0 Å². The van der Waals surface area contributed by atoms with Crippen LogP contribution in [0, 0.1) is 5.92 Å².